The highest BCUT2D eigenvalue weighted by atomic mass is 16.7. The van der Waals surface area contributed by atoms with Gasteiger partial charge in [-0.3, -0.25) is 4.79 Å². The fourth-order valence-corrected chi connectivity index (χ4v) is 3.41. The number of ether oxygens (including phenoxy) is 2. The zero-order valence-electron chi connectivity index (χ0n) is 15.0. The van der Waals surface area contributed by atoms with Gasteiger partial charge in [0, 0.05) is 18.5 Å². The molecule has 1 amide bonds. The molecule has 6 nitrogen and oxygen atoms in total. The van der Waals surface area contributed by atoms with E-state index in [1.165, 1.54) is 5.56 Å². The van der Waals surface area contributed by atoms with Crippen LogP contribution in [0, 0.1) is 6.92 Å². The molecule has 0 radical (unpaired) electrons. The van der Waals surface area contributed by atoms with E-state index in [9.17, 15) is 4.79 Å². The number of benzene rings is 1. The van der Waals surface area contributed by atoms with Gasteiger partial charge >= 0.3 is 0 Å². The molecule has 0 saturated heterocycles. The number of carbonyl (C=O) groups excluding carboxylic acids is 1. The van der Waals surface area contributed by atoms with Crippen LogP contribution in [0.5, 0.6) is 11.5 Å². The van der Waals surface area contributed by atoms with Crippen LogP contribution in [-0.2, 0) is 18.4 Å². The van der Waals surface area contributed by atoms with Gasteiger partial charge in [-0.1, -0.05) is 25.9 Å². The van der Waals surface area contributed by atoms with Crippen molar-refractivity contribution >= 4 is 5.91 Å². The van der Waals surface area contributed by atoms with Gasteiger partial charge in [0.05, 0.1) is 0 Å². The zero-order chi connectivity index (χ0) is 17.8. The maximum atomic E-state index is 13.2. The van der Waals surface area contributed by atoms with Crippen LogP contribution in [0.1, 0.15) is 53.7 Å². The molecule has 0 atom stereocenters. The smallest absolute Gasteiger partial charge is 0.259 e. The van der Waals surface area contributed by atoms with Crippen molar-refractivity contribution in [3.05, 3.63) is 40.3 Å². The van der Waals surface area contributed by atoms with Crippen LogP contribution < -0.4 is 9.47 Å². The number of rotatable bonds is 1. The Morgan fingerprint density at radius 2 is 1.84 bits per heavy atom. The van der Waals surface area contributed by atoms with Gasteiger partial charge in [0.15, 0.2) is 11.5 Å². The molecular formula is C19H22N2O4. The lowest BCUT2D eigenvalue weighted by Crippen LogP contribution is -2.37. The largest absolute Gasteiger partial charge is 0.454 e. The van der Waals surface area contributed by atoms with Crippen molar-refractivity contribution in [1.82, 2.24) is 10.1 Å². The fourth-order valence-electron chi connectivity index (χ4n) is 3.41. The molecule has 2 aromatic rings. The third-order valence-corrected chi connectivity index (χ3v) is 4.78. The van der Waals surface area contributed by atoms with E-state index in [1.807, 2.05) is 37.8 Å². The highest BCUT2D eigenvalue weighted by Gasteiger charge is 2.33. The molecule has 0 fully saturated rings. The van der Waals surface area contributed by atoms with Crippen LogP contribution in [0.25, 0.3) is 0 Å². The van der Waals surface area contributed by atoms with Crippen LogP contribution in [0.4, 0.5) is 0 Å². The Hall–Kier alpha value is -2.50. The maximum absolute atomic E-state index is 13.2. The second-order valence-electron chi connectivity index (χ2n) is 7.66. The third kappa shape index (κ3) is 2.65. The van der Waals surface area contributed by atoms with Gasteiger partial charge in [-0.2, -0.15) is 0 Å². The molecule has 0 bridgehead atoms. The quantitative estimate of drug-likeness (QED) is 0.796. The van der Waals surface area contributed by atoms with Crippen molar-refractivity contribution in [3.63, 3.8) is 0 Å². The lowest BCUT2D eigenvalue weighted by molar-refractivity contribution is 0.0730. The average molecular weight is 342 g/mol. The molecule has 132 valence electrons. The normalized spacial score (nSPS) is 16.1. The number of hydrogen-bond acceptors (Lipinski definition) is 5. The second kappa shape index (κ2) is 5.51. The topological polar surface area (TPSA) is 64.8 Å². The first-order chi connectivity index (χ1) is 11.8. The summed E-state index contributed by atoms with van der Waals surface area (Å²) in [6.45, 7) is 9.38. The first-order valence-corrected chi connectivity index (χ1v) is 8.52. The number of aryl methyl sites for hydroxylation is 1. The van der Waals surface area contributed by atoms with Gasteiger partial charge < -0.3 is 18.9 Å². The molecule has 3 heterocycles. The molecule has 2 aliphatic rings. The van der Waals surface area contributed by atoms with Crippen molar-refractivity contribution in [3.8, 4) is 11.5 Å². The summed E-state index contributed by atoms with van der Waals surface area (Å²) in [6.07, 6.45) is 0.799. The van der Waals surface area contributed by atoms with Gasteiger partial charge in [-0.05, 0) is 36.6 Å². The number of amides is 1. The summed E-state index contributed by atoms with van der Waals surface area (Å²) < 4.78 is 16.2. The van der Waals surface area contributed by atoms with E-state index < -0.39 is 0 Å². The van der Waals surface area contributed by atoms with E-state index in [1.54, 1.807) is 6.92 Å². The van der Waals surface area contributed by atoms with Gasteiger partial charge in [-0.15, -0.1) is 0 Å². The van der Waals surface area contributed by atoms with E-state index in [0.29, 0.717) is 30.1 Å². The van der Waals surface area contributed by atoms with Gasteiger partial charge in [0.1, 0.15) is 17.0 Å². The standard InChI is InChI=1S/C19H22N2O4/c1-11-16(17(20-25-11)19(2,3)4)18(22)21-6-5-12-7-14-15(24-10-23-14)8-13(12)9-21/h7-8H,5-6,9-10H2,1-4H3. The van der Waals surface area contributed by atoms with E-state index >= 15 is 0 Å². The number of fused-ring (bicyclic) bond motifs is 2. The average Bonchev–Trinajstić information content (AvgIpc) is 3.16. The van der Waals surface area contributed by atoms with Crippen molar-refractivity contribution in [2.45, 2.75) is 46.1 Å². The lowest BCUT2D eigenvalue weighted by Gasteiger charge is -2.29. The first kappa shape index (κ1) is 16.0. The first-order valence-electron chi connectivity index (χ1n) is 8.52. The summed E-state index contributed by atoms with van der Waals surface area (Å²) in [7, 11) is 0. The van der Waals surface area contributed by atoms with E-state index in [4.69, 9.17) is 14.0 Å². The Morgan fingerprint density at radius 3 is 2.52 bits per heavy atom. The van der Waals surface area contributed by atoms with Crippen LogP contribution in [0.2, 0.25) is 0 Å². The summed E-state index contributed by atoms with van der Waals surface area (Å²) in [6, 6.07) is 4.02. The van der Waals surface area contributed by atoms with Gasteiger partial charge in [0.2, 0.25) is 6.79 Å². The van der Waals surface area contributed by atoms with Crippen molar-refractivity contribution < 1.29 is 18.8 Å². The molecule has 0 unspecified atom stereocenters. The van der Waals surface area contributed by atoms with Crippen molar-refractivity contribution in [2.24, 2.45) is 0 Å². The van der Waals surface area contributed by atoms with Crippen LogP contribution in [-0.4, -0.2) is 29.3 Å². The summed E-state index contributed by atoms with van der Waals surface area (Å²) in [4.78, 5) is 15.0. The third-order valence-electron chi connectivity index (χ3n) is 4.78. The highest BCUT2D eigenvalue weighted by Crippen LogP contribution is 2.37. The Morgan fingerprint density at radius 1 is 1.16 bits per heavy atom. The molecule has 0 spiro atoms. The fraction of sp³-hybridized carbons (Fsp3) is 0.474. The predicted molar refractivity (Wildman–Crippen MR) is 90.9 cm³/mol. The SMILES string of the molecule is Cc1onc(C(C)(C)C)c1C(=O)N1CCc2cc3c(cc2C1)OCO3. The summed E-state index contributed by atoms with van der Waals surface area (Å²) >= 11 is 0. The minimum Gasteiger partial charge on any atom is -0.454 e. The highest BCUT2D eigenvalue weighted by molar-refractivity contribution is 5.96. The number of nitrogens with zero attached hydrogens (tertiary/aromatic N) is 2. The minimum absolute atomic E-state index is 0.0213. The van der Waals surface area contributed by atoms with Crippen LogP contribution in [0.15, 0.2) is 16.7 Å². The summed E-state index contributed by atoms with van der Waals surface area (Å²) in [5.41, 5.74) is 3.38. The molecule has 0 saturated carbocycles. The van der Waals surface area contributed by atoms with E-state index in [-0.39, 0.29) is 18.1 Å². The van der Waals surface area contributed by atoms with E-state index in [2.05, 4.69) is 5.16 Å². The predicted octanol–water partition coefficient (Wildman–Crippen LogP) is 3.21. The molecule has 0 N–H and O–H groups in total. The summed E-state index contributed by atoms with van der Waals surface area (Å²) in [5, 5.41) is 4.14. The van der Waals surface area contributed by atoms with Crippen LogP contribution >= 0.6 is 0 Å². The zero-order valence-corrected chi connectivity index (χ0v) is 15.0. The number of hydrogen-bond donors (Lipinski definition) is 0. The molecule has 0 aliphatic carbocycles. The van der Waals surface area contributed by atoms with Gasteiger partial charge in [-0.25, -0.2) is 0 Å². The minimum atomic E-state index is -0.248. The molecule has 6 heteroatoms. The molecule has 4 rings (SSSR count). The Balaban J connectivity index is 1.64. The Labute approximate surface area is 146 Å². The van der Waals surface area contributed by atoms with Crippen molar-refractivity contribution in [2.75, 3.05) is 13.3 Å². The molecule has 1 aromatic carbocycles. The van der Waals surface area contributed by atoms with Gasteiger partial charge in [0.25, 0.3) is 5.91 Å². The van der Waals surface area contributed by atoms with E-state index in [0.717, 1.165) is 23.5 Å². The molecular weight excluding hydrogens is 320 g/mol. The number of carbonyl (C=O) groups is 1. The molecule has 1 aromatic heterocycles. The summed E-state index contributed by atoms with van der Waals surface area (Å²) in [5.74, 6) is 2.10. The van der Waals surface area contributed by atoms with Crippen molar-refractivity contribution in [1.29, 1.82) is 0 Å². The second-order valence-corrected chi connectivity index (χ2v) is 7.66. The Kier molecular flexibility index (Phi) is 3.52. The monoisotopic (exact) mass is 342 g/mol. The van der Waals surface area contributed by atoms with Crippen LogP contribution in [0.3, 0.4) is 0 Å². The molecule has 25 heavy (non-hydrogen) atoms. The maximum Gasteiger partial charge on any atom is 0.259 e. The Bertz CT molecular complexity index is 848. The molecule has 2 aliphatic heterocycles. The lowest BCUT2D eigenvalue weighted by atomic mass is 9.88. The number of aromatic nitrogens is 1.